The molecular formula is C8H14N2OS. The molecular weight excluding hydrogens is 172 g/mol. The standard InChI is InChI=1S/C8H14N2OS/c1-8(2,3)6(11)5-4-12-7(9)10-5/h5H,4H2,1-3H3,(H2,9,10). The zero-order chi connectivity index (χ0) is 9.35. The summed E-state index contributed by atoms with van der Waals surface area (Å²) in [6.07, 6.45) is 0. The van der Waals surface area contributed by atoms with Gasteiger partial charge in [0.1, 0.15) is 6.04 Å². The number of carbonyl (C=O) groups excluding carboxylic acids is 1. The largest absolute Gasteiger partial charge is 0.379 e. The van der Waals surface area contributed by atoms with Gasteiger partial charge < -0.3 is 5.73 Å². The zero-order valence-corrected chi connectivity index (χ0v) is 8.44. The van der Waals surface area contributed by atoms with Crippen LogP contribution in [0.1, 0.15) is 20.8 Å². The normalized spacial score (nSPS) is 23.9. The molecule has 0 aromatic carbocycles. The molecule has 1 aliphatic heterocycles. The second-order valence-corrected chi connectivity index (χ2v) is 4.95. The van der Waals surface area contributed by atoms with Gasteiger partial charge in [0.2, 0.25) is 0 Å². The van der Waals surface area contributed by atoms with Gasteiger partial charge in [-0.25, -0.2) is 0 Å². The van der Waals surface area contributed by atoms with Gasteiger partial charge in [0.15, 0.2) is 11.0 Å². The summed E-state index contributed by atoms with van der Waals surface area (Å²) in [4.78, 5) is 15.7. The van der Waals surface area contributed by atoms with Crippen molar-refractivity contribution < 1.29 is 4.79 Å². The molecule has 0 spiro atoms. The van der Waals surface area contributed by atoms with Crippen LogP contribution in [-0.2, 0) is 4.79 Å². The minimum absolute atomic E-state index is 0.176. The van der Waals surface area contributed by atoms with E-state index in [0.29, 0.717) is 10.9 Å². The van der Waals surface area contributed by atoms with Gasteiger partial charge in [-0.2, -0.15) is 0 Å². The maximum Gasteiger partial charge on any atom is 0.163 e. The Morgan fingerprint density at radius 2 is 2.25 bits per heavy atom. The molecule has 1 heterocycles. The molecule has 3 nitrogen and oxygen atoms in total. The van der Waals surface area contributed by atoms with Crippen LogP contribution in [0.5, 0.6) is 0 Å². The monoisotopic (exact) mass is 186 g/mol. The van der Waals surface area contributed by atoms with Crippen LogP contribution in [-0.4, -0.2) is 22.7 Å². The van der Waals surface area contributed by atoms with Crippen molar-refractivity contribution >= 4 is 22.7 Å². The fourth-order valence-electron chi connectivity index (χ4n) is 1.03. The van der Waals surface area contributed by atoms with Crippen LogP contribution in [0, 0.1) is 5.41 Å². The Bertz CT molecular complexity index is 230. The number of rotatable bonds is 1. The van der Waals surface area contributed by atoms with Crippen LogP contribution >= 0.6 is 11.8 Å². The van der Waals surface area contributed by atoms with Crippen molar-refractivity contribution in [2.45, 2.75) is 26.8 Å². The highest BCUT2D eigenvalue weighted by Crippen LogP contribution is 2.24. The van der Waals surface area contributed by atoms with Gasteiger partial charge >= 0.3 is 0 Å². The molecule has 0 bridgehead atoms. The van der Waals surface area contributed by atoms with Crippen molar-refractivity contribution in [1.29, 1.82) is 0 Å². The first-order valence-corrected chi connectivity index (χ1v) is 4.90. The Hall–Kier alpha value is -0.510. The Morgan fingerprint density at radius 1 is 1.67 bits per heavy atom. The van der Waals surface area contributed by atoms with E-state index < -0.39 is 0 Å². The van der Waals surface area contributed by atoms with Crippen molar-refractivity contribution in [2.24, 2.45) is 16.1 Å². The van der Waals surface area contributed by atoms with Crippen LogP contribution in [0.15, 0.2) is 4.99 Å². The maximum absolute atomic E-state index is 11.6. The number of nitrogens with zero attached hydrogens (tertiary/aromatic N) is 1. The van der Waals surface area contributed by atoms with Crippen molar-refractivity contribution in [3.8, 4) is 0 Å². The first kappa shape index (κ1) is 9.58. The number of nitrogens with two attached hydrogens (primary N) is 1. The molecule has 1 aliphatic rings. The highest BCUT2D eigenvalue weighted by atomic mass is 32.2. The Kier molecular flexibility index (Phi) is 2.46. The summed E-state index contributed by atoms with van der Waals surface area (Å²) in [7, 11) is 0. The van der Waals surface area contributed by atoms with Gasteiger partial charge in [-0.1, -0.05) is 32.5 Å². The van der Waals surface area contributed by atoms with Gasteiger partial charge in [0.25, 0.3) is 0 Å². The molecule has 0 aliphatic carbocycles. The third-order valence-corrected chi connectivity index (χ3v) is 2.60. The van der Waals surface area contributed by atoms with Gasteiger partial charge in [-0.15, -0.1) is 0 Å². The number of ketones is 1. The molecule has 0 aromatic heterocycles. The minimum Gasteiger partial charge on any atom is -0.379 e. The smallest absolute Gasteiger partial charge is 0.163 e. The predicted molar refractivity (Wildman–Crippen MR) is 52.3 cm³/mol. The summed E-state index contributed by atoms with van der Waals surface area (Å²) in [5, 5.41) is 0.539. The number of aliphatic imine (C=N–C) groups is 1. The van der Waals surface area contributed by atoms with E-state index in [1.165, 1.54) is 11.8 Å². The Labute approximate surface area is 76.8 Å². The molecule has 1 rings (SSSR count). The fraction of sp³-hybridized carbons (Fsp3) is 0.750. The van der Waals surface area contributed by atoms with Crippen LogP contribution in [0.4, 0.5) is 0 Å². The number of carbonyl (C=O) groups is 1. The summed E-state index contributed by atoms with van der Waals surface area (Å²) >= 11 is 1.46. The van der Waals surface area contributed by atoms with E-state index in [-0.39, 0.29) is 17.2 Å². The molecule has 0 amide bonds. The van der Waals surface area contributed by atoms with Crippen molar-refractivity contribution in [3.63, 3.8) is 0 Å². The summed E-state index contributed by atoms with van der Waals surface area (Å²) in [5.74, 6) is 0.887. The second-order valence-electron chi connectivity index (χ2n) is 3.91. The molecule has 0 aromatic rings. The van der Waals surface area contributed by atoms with Crippen molar-refractivity contribution in [3.05, 3.63) is 0 Å². The minimum atomic E-state index is -0.306. The summed E-state index contributed by atoms with van der Waals surface area (Å²) in [5.41, 5.74) is 5.16. The maximum atomic E-state index is 11.6. The molecule has 12 heavy (non-hydrogen) atoms. The van der Waals surface area contributed by atoms with Gasteiger partial charge in [-0.05, 0) is 0 Å². The number of Topliss-reactive ketones (excluding diaryl/α,β-unsaturated/α-hetero) is 1. The van der Waals surface area contributed by atoms with Crippen molar-refractivity contribution in [2.75, 3.05) is 5.75 Å². The van der Waals surface area contributed by atoms with E-state index >= 15 is 0 Å². The van der Waals surface area contributed by atoms with Gasteiger partial charge in [-0.3, -0.25) is 9.79 Å². The summed E-state index contributed by atoms with van der Waals surface area (Å²) in [6, 6.07) is -0.213. The summed E-state index contributed by atoms with van der Waals surface area (Å²) in [6.45, 7) is 5.72. The quantitative estimate of drug-likeness (QED) is 0.665. The second kappa shape index (κ2) is 3.09. The van der Waals surface area contributed by atoms with Crippen LogP contribution < -0.4 is 5.73 Å². The molecule has 1 atom stereocenters. The van der Waals surface area contributed by atoms with Crippen LogP contribution in [0.2, 0.25) is 0 Å². The SMILES string of the molecule is CC(C)(C)C(=O)C1CSC(N)=N1. The van der Waals surface area contributed by atoms with Gasteiger partial charge in [0.05, 0.1) is 0 Å². The topological polar surface area (TPSA) is 55.5 Å². The van der Waals surface area contributed by atoms with E-state index in [4.69, 9.17) is 5.73 Å². The molecule has 4 heteroatoms. The summed E-state index contributed by atoms with van der Waals surface area (Å²) < 4.78 is 0. The molecule has 0 fully saturated rings. The number of amidine groups is 1. The lowest BCUT2D eigenvalue weighted by Gasteiger charge is -2.18. The van der Waals surface area contributed by atoms with E-state index in [1.54, 1.807) is 0 Å². The average molecular weight is 186 g/mol. The number of hydrogen-bond acceptors (Lipinski definition) is 4. The molecule has 0 saturated carbocycles. The van der Waals surface area contributed by atoms with Crippen molar-refractivity contribution in [1.82, 2.24) is 0 Å². The molecule has 2 N–H and O–H groups in total. The lowest BCUT2D eigenvalue weighted by Crippen LogP contribution is -2.31. The highest BCUT2D eigenvalue weighted by molar-refractivity contribution is 8.14. The first-order valence-electron chi connectivity index (χ1n) is 3.91. The molecule has 0 radical (unpaired) electrons. The third-order valence-electron chi connectivity index (χ3n) is 1.71. The highest BCUT2D eigenvalue weighted by Gasteiger charge is 2.32. The Morgan fingerprint density at radius 3 is 2.58 bits per heavy atom. The van der Waals surface area contributed by atoms with Crippen LogP contribution in [0.25, 0.3) is 0 Å². The average Bonchev–Trinajstić information content (AvgIpc) is 2.32. The number of thioether (sulfide) groups is 1. The predicted octanol–water partition coefficient (Wildman–Crippen LogP) is 1.03. The van der Waals surface area contributed by atoms with E-state index in [1.807, 2.05) is 20.8 Å². The Balaban J connectivity index is 2.67. The number of hydrogen-bond donors (Lipinski definition) is 1. The zero-order valence-electron chi connectivity index (χ0n) is 7.63. The fourth-order valence-corrected chi connectivity index (χ4v) is 1.78. The third kappa shape index (κ3) is 2.00. The molecule has 68 valence electrons. The van der Waals surface area contributed by atoms with E-state index in [9.17, 15) is 4.79 Å². The first-order chi connectivity index (χ1) is 5.41. The molecule has 1 unspecified atom stereocenters. The van der Waals surface area contributed by atoms with Gasteiger partial charge in [0, 0.05) is 11.2 Å². The van der Waals surface area contributed by atoms with E-state index in [2.05, 4.69) is 4.99 Å². The lowest BCUT2D eigenvalue weighted by atomic mass is 9.87. The van der Waals surface area contributed by atoms with Crippen LogP contribution in [0.3, 0.4) is 0 Å². The van der Waals surface area contributed by atoms with E-state index in [0.717, 1.165) is 0 Å². The lowest BCUT2D eigenvalue weighted by molar-refractivity contribution is -0.126. The molecule has 0 saturated heterocycles.